The summed E-state index contributed by atoms with van der Waals surface area (Å²) in [6.45, 7) is 0.536. The summed E-state index contributed by atoms with van der Waals surface area (Å²) in [6, 6.07) is 30.5. The Balaban J connectivity index is 1.77. The highest BCUT2D eigenvalue weighted by Gasteiger charge is 2.45. The minimum atomic E-state index is -0.844. The summed E-state index contributed by atoms with van der Waals surface area (Å²) >= 11 is 0. The number of ether oxygens (including phenoxy) is 2. The van der Waals surface area contributed by atoms with Crippen molar-refractivity contribution in [2.75, 3.05) is 6.61 Å². The van der Waals surface area contributed by atoms with E-state index >= 15 is 0 Å². The minimum absolute atomic E-state index is 0.0726. The normalized spacial score (nSPS) is 19.6. The van der Waals surface area contributed by atoms with Crippen molar-refractivity contribution in [2.45, 2.75) is 11.9 Å². The third-order valence-electron chi connectivity index (χ3n) is 4.23. The van der Waals surface area contributed by atoms with Gasteiger partial charge in [-0.05, 0) is 5.56 Å². The molecule has 2 nitrogen and oxygen atoms in total. The molecule has 1 saturated heterocycles. The van der Waals surface area contributed by atoms with E-state index in [2.05, 4.69) is 36.4 Å². The Bertz CT molecular complexity index is 714. The molecular weight excluding hydrogens is 284 g/mol. The lowest BCUT2D eigenvalue weighted by Gasteiger charge is -2.29. The number of benzene rings is 3. The molecule has 1 unspecified atom stereocenters. The molecule has 1 heterocycles. The van der Waals surface area contributed by atoms with Crippen LogP contribution in [-0.4, -0.2) is 6.61 Å². The van der Waals surface area contributed by atoms with Gasteiger partial charge in [-0.1, -0.05) is 91.0 Å². The fraction of sp³-hybridized carbons (Fsp3) is 0.143. The van der Waals surface area contributed by atoms with E-state index in [1.54, 1.807) is 0 Å². The molecule has 0 amide bonds. The zero-order chi connectivity index (χ0) is 15.5. The van der Waals surface area contributed by atoms with Gasteiger partial charge >= 0.3 is 0 Å². The van der Waals surface area contributed by atoms with Crippen LogP contribution in [0.3, 0.4) is 0 Å². The second kappa shape index (κ2) is 5.99. The Labute approximate surface area is 136 Å². The molecular formula is C21H18O2. The van der Waals surface area contributed by atoms with Gasteiger partial charge in [-0.2, -0.15) is 0 Å². The van der Waals surface area contributed by atoms with Crippen molar-refractivity contribution in [2.24, 2.45) is 0 Å². The van der Waals surface area contributed by atoms with Crippen LogP contribution in [-0.2, 0) is 15.3 Å². The Kier molecular flexibility index (Phi) is 3.70. The third-order valence-corrected chi connectivity index (χ3v) is 4.23. The smallest absolute Gasteiger partial charge is 0.223 e. The van der Waals surface area contributed by atoms with Crippen LogP contribution in [0.4, 0.5) is 0 Å². The Morgan fingerprint density at radius 1 is 0.652 bits per heavy atom. The first-order valence-electron chi connectivity index (χ1n) is 7.86. The van der Waals surface area contributed by atoms with Crippen molar-refractivity contribution in [3.63, 3.8) is 0 Å². The van der Waals surface area contributed by atoms with Crippen LogP contribution < -0.4 is 0 Å². The molecule has 0 saturated carbocycles. The molecule has 0 aromatic heterocycles. The monoisotopic (exact) mass is 302 g/mol. The topological polar surface area (TPSA) is 18.5 Å². The molecule has 1 atom stereocenters. The predicted octanol–water partition coefficient (Wildman–Crippen LogP) is 4.68. The Morgan fingerprint density at radius 2 is 1.13 bits per heavy atom. The number of hydrogen-bond donors (Lipinski definition) is 0. The maximum atomic E-state index is 6.48. The van der Waals surface area contributed by atoms with Crippen LogP contribution in [0.15, 0.2) is 91.0 Å². The van der Waals surface area contributed by atoms with Crippen LogP contribution in [0.1, 0.15) is 22.8 Å². The van der Waals surface area contributed by atoms with Crippen LogP contribution >= 0.6 is 0 Å². The first-order valence-corrected chi connectivity index (χ1v) is 7.86. The van der Waals surface area contributed by atoms with Gasteiger partial charge in [0.1, 0.15) is 6.10 Å². The quantitative estimate of drug-likeness (QED) is 0.699. The van der Waals surface area contributed by atoms with Gasteiger partial charge < -0.3 is 9.47 Å². The molecule has 1 aliphatic rings. The van der Waals surface area contributed by atoms with E-state index in [0.29, 0.717) is 6.61 Å². The summed E-state index contributed by atoms with van der Waals surface area (Å²) in [5.74, 6) is -0.844. The van der Waals surface area contributed by atoms with Gasteiger partial charge in [0.05, 0.1) is 6.61 Å². The summed E-state index contributed by atoms with van der Waals surface area (Å²) in [4.78, 5) is 0. The van der Waals surface area contributed by atoms with Crippen LogP contribution in [0.25, 0.3) is 0 Å². The zero-order valence-corrected chi connectivity index (χ0v) is 12.8. The Hall–Kier alpha value is -2.42. The molecule has 0 N–H and O–H groups in total. The van der Waals surface area contributed by atoms with E-state index in [1.165, 1.54) is 0 Å². The second-order valence-corrected chi connectivity index (χ2v) is 5.68. The number of hydrogen-bond acceptors (Lipinski definition) is 2. The van der Waals surface area contributed by atoms with E-state index in [4.69, 9.17) is 9.47 Å². The summed E-state index contributed by atoms with van der Waals surface area (Å²) in [5.41, 5.74) is 3.18. The molecule has 0 spiro atoms. The van der Waals surface area contributed by atoms with Gasteiger partial charge in [-0.25, -0.2) is 0 Å². The SMILES string of the molecule is c1ccc(C2COC(c3ccccc3)(c3ccccc3)O2)cc1. The molecule has 23 heavy (non-hydrogen) atoms. The maximum absolute atomic E-state index is 6.48. The Morgan fingerprint density at radius 3 is 1.65 bits per heavy atom. The van der Waals surface area contributed by atoms with E-state index in [0.717, 1.165) is 16.7 Å². The molecule has 1 fully saturated rings. The summed E-state index contributed by atoms with van der Waals surface area (Å²) in [7, 11) is 0. The molecule has 0 bridgehead atoms. The van der Waals surface area contributed by atoms with Crippen molar-refractivity contribution in [3.8, 4) is 0 Å². The first kappa shape index (κ1) is 14.2. The highest BCUT2D eigenvalue weighted by Crippen LogP contribution is 2.44. The molecule has 3 aromatic rings. The fourth-order valence-corrected chi connectivity index (χ4v) is 3.08. The summed E-state index contributed by atoms with van der Waals surface area (Å²) in [6.07, 6.45) is -0.0726. The average molecular weight is 302 g/mol. The van der Waals surface area contributed by atoms with Gasteiger partial charge in [-0.15, -0.1) is 0 Å². The van der Waals surface area contributed by atoms with E-state index < -0.39 is 5.79 Å². The van der Waals surface area contributed by atoms with Gasteiger partial charge in [-0.3, -0.25) is 0 Å². The highest BCUT2D eigenvalue weighted by molar-refractivity contribution is 5.35. The molecule has 4 rings (SSSR count). The van der Waals surface area contributed by atoms with Crippen LogP contribution in [0.2, 0.25) is 0 Å². The standard InChI is InChI=1S/C21H18O2/c1-4-10-17(11-5-1)20-16-22-21(23-20,18-12-6-2-7-13-18)19-14-8-3-9-15-19/h1-15,20H,16H2. The van der Waals surface area contributed by atoms with Gasteiger partial charge in [0.2, 0.25) is 5.79 Å². The largest absolute Gasteiger partial charge is 0.339 e. The van der Waals surface area contributed by atoms with Crippen LogP contribution in [0.5, 0.6) is 0 Å². The van der Waals surface area contributed by atoms with E-state index in [-0.39, 0.29) is 6.10 Å². The molecule has 3 aromatic carbocycles. The minimum Gasteiger partial charge on any atom is -0.339 e. The molecule has 114 valence electrons. The average Bonchev–Trinajstić information content (AvgIpc) is 3.11. The van der Waals surface area contributed by atoms with Gasteiger partial charge in [0.15, 0.2) is 0 Å². The summed E-state index contributed by atoms with van der Waals surface area (Å²) < 4.78 is 12.7. The zero-order valence-electron chi connectivity index (χ0n) is 12.8. The fourth-order valence-electron chi connectivity index (χ4n) is 3.08. The highest BCUT2D eigenvalue weighted by atomic mass is 16.7. The lowest BCUT2D eigenvalue weighted by atomic mass is 9.97. The third kappa shape index (κ3) is 2.56. The van der Waals surface area contributed by atoms with Gasteiger partial charge in [0, 0.05) is 11.1 Å². The summed E-state index contributed by atoms with van der Waals surface area (Å²) in [5, 5.41) is 0. The molecule has 0 radical (unpaired) electrons. The van der Waals surface area contributed by atoms with Crippen molar-refractivity contribution >= 4 is 0 Å². The first-order chi connectivity index (χ1) is 11.4. The van der Waals surface area contributed by atoms with Crippen molar-refractivity contribution < 1.29 is 9.47 Å². The van der Waals surface area contributed by atoms with Gasteiger partial charge in [0.25, 0.3) is 0 Å². The lowest BCUT2D eigenvalue weighted by Crippen LogP contribution is -2.28. The predicted molar refractivity (Wildman–Crippen MR) is 89.9 cm³/mol. The lowest BCUT2D eigenvalue weighted by molar-refractivity contribution is -0.143. The van der Waals surface area contributed by atoms with E-state index in [9.17, 15) is 0 Å². The maximum Gasteiger partial charge on any atom is 0.223 e. The van der Waals surface area contributed by atoms with Crippen molar-refractivity contribution in [1.82, 2.24) is 0 Å². The molecule has 1 aliphatic heterocycles. The molecule has 2 heteroatoms. The van der Waals surface area contributed by atoms with Crippen molar-refractivity contribution in [1.29, 1.82) is 0 Å². The van der Waals surface area contributed by atoms with Crippen LogP contribution in [0, 0.1) is 0 Å². The van der Waals surface area contributed by atoms with Crippen molar-refractivity contribution in [3.05, 3.63) is 108 Å². The van der Waals surface area contributed by atoms with E-state index in [1.807, 2.05) is 54.6 Å². The molecule has 0 aliphatic carbocycles. The number of rotatable bonds is 3. The second-order valence-electron chi connectivity index (χ2n) is 5.68.